The first-order valence-electron chi connectivity index (χ1n) is 9.32. The molecule has 0 unspecified atom stereocenters. The number of benzene rings is 2. The Kier molecular flexibility index (Phi) is 6.20. The average molecular weight is 413 g/mol. The molecule has 1 aliphatic heterocycles. The number of ether oxygens (including phenoxy) is 1. The summed E-state index contributed by atoms with van der Waals surface area (Å²) in [5, 5.41) is 12.3. The lowest BCUT2D eigenvalue weighted by molar-refractivity contribution is -0.125. The molecule has 1 fully saturated rings. The third-order valence-corrected chi connectivity index (χ3v) is 6.34. The average Bonchev–Trinajstić information content (AvgIpc) is 2.67. The molecular formula is C21H23N3O4S. The minimum atomic E-state index is -3.95. The first-order chi connectivity index (χ1) is 13.8. The Hall–Kier alpha value is -2.89. The molecule has 0 aromatic heterocycles. The Morgan fingerprint density at radius 2 is 2.00 bits per heavy atom. The number of amides is 1. The number of sulfonamides is 1. The van der Waals surface area contributed by atoms with Crippen molar-refractivity contribution in [2.75, 3.05) is 23.3 Å². The number of hydrogen-bond acceptors (Lipinski definition) is 5. The fourth-order valence-corrected chi connectivity index (χ4v) is 4.54. The highest BCUT2D eigenvalue weighted by Crippen LogP contribution is 2.26. The minimum absolute atomic E-state index is 0.0389. The first-order valence-corrected chi connectivity index (χ1v) is 10.8. The van der Waals surface area contributed by atoms with Gasteiger partial charge >= 0.3 is 0 Å². The Labute approximate surface area is 170 Å². The Balaban J connectivity index is 1.81. The van der Waals surface area contributed by atoms with Crippen molar-refractivity contribution in [3.63, 3.8) is 0 Å². The van der Waals surface area contributed by atoms with E-state index in [-0.39, 0.29) is 28.2 Å². The summed E-state index contributed by atoms with van der Waals surface area (Å²) in [5.74, 6) is -0.240. The van der Waals surface area contributed by atoms with E-state index in [9.17, 15) is 18.5 Å². The van der Waals surface area contributed by atoms with Gasteiger partial charge in [0.25, 0.3) is 10.0 Å². The van der Waals surface area contributed by atoms with Crippen LogP contribution in [-0.2, 0) is 19.6 Å². The van der Waals surface area contributed by atoms with Crippen LogP contribution in [0.2, 0.25) is 0 Å². The maximum Gasteiger partial charge on any atom is 0.263 e. The van der Waals surface area contributed by atoms with Crippen molar-refractivity contribution in [3.05, 3.63) is 53.6 Å². The van der Waals surface area contributed by atoms with Gasteiger partial charge in [0.2, 0.25) is 5.91 Å². The number of nitriles is 1. The maximum atomic E-state index is 12.8. The fourth-order valence-electron chi connectivity index (χ4n) is 3.35. The number of carbonyl (C=O) groups excluding carboxylic acids is 1. The van der Waals surface area contributed by atoms with Crippen LogP contribution in [0.3, 0.4) is 0 Å². The molecule has 2 aromatic carbocycles. The van der Waals surface area contributed by atoms with E-state index in [1.807, 2.05) is 26.0 Å². The predicted molar refractivity (Wildman–Crippen MR) is 110 cm³/mol. The molecule has 3 rings (SSSR count). The van der Waals surface area contributed by atoms with Crippen LogP contribution >= 0.6 is 0 Å². The quantitative estimate of drug-likeness (QED) is 0.782. The lowest BCUT2D eigenvalue weighted by Crippen LogP contribution is -2.35. The van der Waals surface area contributed by atoms with Gasteiger partial charge in [0.05, 0.1) is 5.56 Å². The molecule has 1 aliphatic rings. The number of hydrogen-bond donors (Lipinski definition) is 2. The van der Waals surface area contributed by atoms with Crippen LogP contribution in [0, 0.1) is 30.1 Å². The molecule has 2 atom stereocenters. The van der Waals surface area contributed by atoms with Crippen LogP contribution < -0.4 is 10.0 Å². The van der Waals surface area contributed by atoms with Crippen molar-refractivity contribution in [2.45, 2.75) is 25.2 Å². The smallest absolute Gasteiger partial charge is 0.263 e. The van der Waals surface area contributed by atoms with Crippen molar-refractivity contribution >= 4 is 27.3 Å². The van der Waals surface area contributed by atoms with Gasteiger partial charge in [-0.2, -0.15) is 5.26 Å². The molecule has 29 heavy (non-hydrogen) atoms. The second-order valence-corrected chi connectivity index (χ2v) is 8.89. The summed E-state index contributed by atoms with van der Waals surface area (Å²) in [6.07, 6.45) is 0.630. The van der Waals surface area contributed by atoms with Crippen LogP contribution in [0.4, 0.5) is 11.4 Å². The van der Waals surface area contributed by atoms with E-state index in [1.54, 1.807) is 18.2 Å². The highest BCUT2D eigenvalue weighted by Gasteiger charge is 2.28. The molecule has 2 aromatic rings. The molecule has 1 amide bonds. The Bertz CT molecular complexity index is 1060. The zero-order valence-corrected chi connectivity index (χ0v) is 17.1. The van der Waals surface area contributed by atoms with Gasteiger partial charge in [0.1, 0.15) is 11.0 Å². The van der Waals surface area contributed by atoms with Crippen LogP contribution in [0.5, 0.6) is 0 Å². The summed E-state index contributed by atoms with van der Waals surface area (Å²) in [4.78, 5) is 12.4. The van der Waals surface area contributed by atoms with Crippen molar-refractivity contribution < 1.29 is 17.9 Å². The van der Waals surface area contributed by atoms with Crippen LogP contribution in [-0.4, -0.2) is 27.5 Å². The number of carbonyl (C=O) groups is 1. The van der Waals surface area contributed by atoms with E-state index in [0.29, 0.717) is 31.0 Å². The summed E-state index contributed by atoms with van der Waals surface area (Å²) in [6, 6.07) is 13.1. The number of rotatable bonds is 5. The monoisotopic (exact) mass is 413 g/mol. The van der Waals surface area contributed by atoms with Gasteiger partial charge in [-0.25, -0.2) is 8.42 Å². The molecule has 2 N–H and O–H groups in total. The highest BCUT2D eigenvalue weighted by atomic mass is 32.2. The zero-order valence-electron chi connectivity index (χ0n) is 16.3. The SMILES string of the molecule is Cc1cccc(NS(=O)(=O)c2ccc(NC(=O)[C@H]3CCOC[C@H]3C)cc2C#N)c1. The van der Waals surface area contributed by atoms with Crippen molar-refractivity contribution in [3.8, 4) is 6.07 Å². The van der Waals surface area contributed by atoms with E-state index in [4.69, 9.17) is 4.74 Å². The fraction of sp³-hybridized carbons (Fsp3) is 0.333. The summed E-state index contributed by atoms with van der Waals surface area (Å²) in [7, 11) is -3.95. The van der Waals surface area contributed by atoms with Gasteiger partial charge in [-0.15, -0.1) is 0 Å². The van der Waals surface area contributed by atoms with Gasteiger partial charge in [0, 0.05) is 30.5 Å². The molecular weight excluding hydrogens is 390 g/mol. The summed E-state index contributed by atoms with van der Waals surface area (Å²) in [6.45, 7) is 4.88. The number of anilines is 2. The molecule has 0 saturated carbocycles. The highest BCUT2D eigenvalue weighted by molar-refractivity contribution is 7.92. The summed E-state index contributed by atoms with van der Waals surface area (Å²) in [5.41, 5.74) is 1.67. The standard InChI is InChI=1S/C21H23N3O4S/c1-14-4-3-5-18(10-14)24-29(26,27)20-7-6-17(11-16(20)12-22)23-21(25)19-8-9-28-13-15(19)2/h3-7,10-11,15,19,24H,8-9,13H2,1-2H3,(H,23,25)/t15-,19+/m1/s1. The number of aryl methyl sites for hydroxylation is 1. The van der Waals surface area contributed by atoms with Crippen LogP contribution in [0.15, 0.2) is 47.4 Å². The number of nitrogens with zero attached hydrogens (tertiary/aromatic N) is 1. The minimum Gasteiger partial charge on any atom is -0.381 e. The molecule has 0 aliphatic carbocycles. The third kappa shape index (κ3) is 4.94. The summed E-state index contributed by atoms with van der Waals surface area (Å²) < 4.78 is 33.4. The number of nitrogens with one attached hydrogen (secondary N) is 2. The van der Waals surface area contributed by atoms with Crippen molar-refractivity contribution in [1.29, 1.82) is 5.26 Å². The molecule has 152 valence electrons. The topological polar surface area (TPSA) is 108 Å². The molecule has 0 bridgehead atoms. The van der Waals surface area contributed by atoms with Gasteiger partial charge in [-0.1, -0.05) is 19.1 Å². The predicted octanol–water partition coefficient (Wildman–Crippen LogP) is 3.28. The second kappa shape index (κ2) is 8.64. The van der Waals surface area contributed by atoms with E-state index >= 15 is 0 Å². The Morgan fingerprint density at radius 3 is 2.69 bits per heavy atom. The van der Waals surface area contributed by atoms with Crippen molar-refractivity contribution in [1.82, 2.24) is 0 Å². The van der Waals surface area contributed by atoms with Crippen LogP contribution in [0.1, 0.15) is 24.5 Å². The van der Waals surface area contributed by atoms with Gasteiger partial charge in [0.15, 0.2) is 0 Å². The van der Waals surface area contributed by atoms with E-state index < -0.39 is 10.0 Å². The van der Waals surface area contributed by atoms with E-state index in [0.717, 1.165) is 5.56 Å². The maximum absolute atomic E-state index is 12.8. The first kappa shape index (κ1) is 20.8. The van der Waals surface area contributed by atoms with Gasteiger partial charge in [-0.3, -0.25) is 9.52 Å². The normalized spacial score (nSPS) is 19.2. The lowest BCUT2D eigenvalue weighted by Gasteiger charge is -2.27. The van der Waals surface area contributed by atoms with Crippen molar-refractivity contribution in [2.24, 2.45) is 11.8 Å². The molecule has 8 heteroatoms. The molecule has 1 heterocycles. The van der Waals surface area contributed by atoms with E-state index in [2.05, 4.69) is 10.0 Å². The summed E-state index contributed by atoms with van der Waals surface area (Å²) >= 11 is 0. The second-order valence-electron chi connectivity index (χ2n) is 7.23. The van der Waals surface area contributed by atoms with E-state index in [1.165, 1.54) is 18.2 Å². The van der Waals surface area contributed by atoms with Gasteiger partial charge in [-0.05, 0) is 55.2 Å². The van der Waals surface area contributed by atoms with Crippen LogP contribution in [0.25, 0.3) is 0 Å². The third-order valence-electron chi connectivity index (χ3n) is 4.90. The molecule has 7 nitrogen and oxygen atoms in total. The lowest BCUT2D eigenvalue weighted by atomic mass is 9.89. The zero-order chi connectivity index (χ0) is 21.0. The Morgan fingerprint density at radius 1 is 1.21 bits per heavy atom. The molecule has 0 radical (unpaired) electrons. The largest absolute Gasteiger partial charge is 0.381 e. The molecule has 0 spiro atoms. The van der Waals surface area contributed by atoms with Gasteiger partial charge < -0.3 is 10.1 Å². The molecule has 1 saturated heterocycles.